The third kappa shape index (κ3) is 12.2. The number of nitriles is 2. The Morgan fingerprint density at radius 2 is 1.03 bits per heavy atom. The molecule has 0 aromatic heterocycles. The Morgan fingerprint density at radius 1 is 0.636 bits per heavy atom. The lowest BCUT2D eigenvalue weighted by atomic mass is 10.1. The molecule has 8 nitrogen and oxygen atoms in total. The van der Waals surface area contributed by atoms with Crippen LogP contribution in [0.15, 0.2) is 30.3 Å². The van der Waals surface area contributed by atoms with Gasteiger partial charge in [0.25, 0.3) is 0 Å². The van der Waals surface area contributed by atoms with E-state index in [1.165, 1.54) is 12.1 Å². The van der Waals surface area contributed by atoms with Crippen LogP contribution in [0.25, 0.3) is 0 Å². The molecule has 0 aliphatic carbocycles. The zero-order chi connectivity index (χ0) is 24.4. The van der Waals surface area contributed by atoms with Crippen LogP contribution in [0, 0.1) is 22.7 Å². The van der Waals surface area contributed by atoms with E-state index in [-0.39, 0.29) is 18.7 Å². The summed E-state index contributed by atoms with van der Waals surface area (Å²) in [5.74, 6) is 0. The first-order valence-electron chi connectivity index (χ1n) is 11.6. The first-order valence-corrected chi connectivity index (χ1v) is 14.7. The van der Waals surface area contributed by atoms with Gasteiger partial charge in [-0.05, 0) is 31.2 Å². The molecule has 0 radical (unpaired) electrons. The Labute approximate surface area is 199 Å². The molecular weight excluding hydrogens is 460 g/mol. The molecule has 0 atom stereocenters. The van der Waals surface area contributed by atoms with Crippen LogP contribution in [0.2, 0.25) is 0 Å². The maximum Gasteiger partial charge on any atom is 0.234 e. The predicted molar refractivity (Wildman–Crippen MR) is 130 cm³/mol. The van der Waals surface area contributed by atoms with Gasteiger partial charge in [0.1, 0.15) is 0 Å². The van der Waals surface area contributed by atoms with E-state index in [9.17, 15) is 16.8 Å². The van der Waals surface area contributed by atoms with E-state index in [1.807, 2.05) is 0 Å². The van der Waals surface area contributed by atoms with Crippen molar-refractivity contribution >= 4 is 20.0 Å². The summed E-state index contributed by atoms with van der Waals surface area (Å²) in [7, 11) is -8.33. The van der Waals surface area contributed by atoms with Crippen molar-refractivity contribution in [3.05, 3.63) is 35.9 Å². The summed E-state index contributed by atoms with van der Waals surface area (Å²) in [6.45, 7) is 0.338. The number of nitrogens with zero attached hydrogens (tertiary/aromatic N) is 2. The Bertz CT molecular complexity index is 892. The van der Waals surface area contributed by atoms with Gasteiger partial charge in [-0.3, -0.25) is 0 Å². The topological polar surface area (TPSA) is 140 Å². The lowest BCUT2D eigenvalue weighted by Crippen LogP contribution is -2.39. The van der Waals surface area contributed by atoms with Crippen molar-refractivity contribution in [3.63, 3.8) is 0 Å². The minimum absolute atomic E-state index is 0.169. The van der Waals surface area contributed by atoms with E-state index < -0.39 is 24.6 Å². The molecule has 0 heterocycles. The van der Waals surface area contributed by atoms with Gasteiger partial charge in [0, 0.05) is 25.9 Å². The fraction of sp³-hybridized carbons (Fsp3) is 0.652. The Morgan fingerprint density at radius 3 is 1.45 bits per heavy atom. The number of nitrogens with one attached hydrogen (secondary N) is 2. The monoisotopic (exact) mass is 496 g/mol. The molecule has 0 saturated carbocycles. The molecule has 10 heteroatoms. The van der Waals surface area contributed by atoms with Crippen molar-refractivity contribution in [1.29, 1.82) is 10.5 Å². The van der Waals surface area contributed by atoms with Crippen LogP contribution >= 0.6 is 0 Å². The first-order chi connectivity index (χ1) is 15.8. The second-order valence-electron chi connectivity index (χ2n) is 7.97. The molecule has 2 N–H and O–H groups in total. The second kappa shape index (κ2) is 16.6. The van der Waals surface area contributed by atoms with Crippen LogP contribution < -0.4 is 9.44 Å². The van der Waals surface area contributed by atoms with Crippen LogP contribution in [0.1, 0.15) is 87.2 Å². The molecule has 1 aromatic rings. The van der Waals surface area contributed by atoms with Crippen molar-refractivity contribution in [2.75, 3.05) is 13.1 Å². The fourth-order valence-electron chi connectivity index (χ4n) is 3.43. The van der Waals surface area contributed by atoms with Gasteiger partial charge >= 0.3 is 0 Å². The van der Waals surface area contributed by atoms with Crippen molar-refractivity contribution in [2.24, 2.45) is 0 Å². The average molecular weight is 497 g/mol. The summed E-state index contributed by atoms with van der Waals surface area (Å²) in [6, 6.07) is 12.2. The summed E-state index contributed by atoms with van der Waals surface area (Å²) in [5, 5.41) is 17.1. The minimum atomic E-state index is -4.17. The Balaban J connectivity index is 2.65. The van der Waals surface area contributed by atoms with Crippen molar-refractivity contribution in [2.45, 2.75) is 81.6 Å². The standard InChI is InChI=1S/C23H36N4O4S2/c24-18-12-5-1-3-7-14-20-26-32(28,29)23(22-16-10-9-11-17-22)33(30,31)27-21-15-8-4-2-6-13-19-25/h9-11,16-17,23,26-27H,1-8,12-15,20-21H2. The number of sulfonamides is 2. The van der Waals surface area contributed by atoms with Gasteiger partial charge in [-0.2, -0.15) is 10.5 Å². The van der Waals surface area contributed by atoms with Crippen LogP contribution in [-0.4, -0.2) is 29.9 Å². The third-order valence-corrected chi connectivity index (χ3v) is 9.58. The Hall–Kier alpha value is -1.98. The molecule has 184 valence electrons. The van der Waals surface area contributed by atoms with E-state index >= 15 is 0 Å². The average Bonchev–Trinajstić information content (AvgIpc) is 2.77. The molecule has 33 heavy (non-hydrogen) atoms. The third-order valence-electron chi connectivity index (χ3n) is 5.17. The van der Waals surface area contributed by atoms with E-state index in [4.69, 9.17) is 10.5 Å². The summed E-state index contributed by atoms with van der Waals surface area (Å²) in [6.07, 6.45) is 9.20. The highest BCUT2D eigenvalue weighted by molar-refractivity contribution is 8.06. The molecule has 1 aromatic carbocycles. The van der Waals surface area contributed by atoms with Crippen LogP contribution in [0.5, 0.6) is 0 Å². The molecular formula is C23H36N4O4S2. The van der Waals surface area contributed by atoms with Gasteiger partial charge in [-0.15, -0.1) is 0 Å². The zero-order valence-electron chi connectivity index (χ0n) is 19.2. The predicted octanol–water partition coefficient (Wildman–Crippen LogP) is 4.25. The molecule has 0 unspecified atom stereocenters. The smallest absolute Gasteiger partial charge is 0.214 e. The van der Waals surface area contributed by atoms with Crippen LogP contribution in [0.4, 0.5) is 0 Å². The van der Waals surface area contributed by atoms with E-state index in [1.54, 1.807) is 18.2 Å². The Kier molecular flexibility index (Phi) is 14.6. The molecule has 0 aliphatic heterocycles. The molecule has 1 rings (SSSR count). The molecule has 0 aliphatic rings. The number of hydrogen-bond acceptors (Lipinski definition) is 6. The summed E-state index contributed by atoms with van der Waals surface area (Å²) in [4.78, 5) is 0. The highest BCUT2D eigenvalue weighted by atomic mass is 32.3. The van der Waals surface area contributed by atoms with Gasteiger partial charge in [0.2, 0.25) is 24.6 Å². The van der Waals surface area contributed by atoms with E-state index in [2.05, 4.69) is 21.6 Å². The van der Waals surface area contributed by atoms with Crippen molar-refractivity contribution < 1.29 is 16.8 Å². The molecule has 0 saturated heterocycles. The van der Waals surface area contributed by atoms with E-state index in [0.717, 1.165) is 51.4 Å². The maximum absolute atomic E-state index is 13.0. The van der Waals surface area contributed by atoms with Crippen LogP contribution in [-0.2, 0) is 20.0 Å². The summed E-state index contributed by atoms with van der Waals surface area (Å²) in [5.41, 5.74) is 0.200. The van der Waals surface area contributed by atoms with Gasteiger partial charge in [-0.1, -0.05) is 68.9 Å². The number of rotatable bonds is 19. The number of unbranched alkanes of at least 4 members (excludes halogenated alkanes) is 10. The van der Waals surface area contributed by atoms with Crippen molar-refractivity contribution in [3.8, 4) is 12.1 Å². The lowest BCUT2D eigenvalue weighted by Gasteiger charge is -2.20. The van der Waals surface area contributed by atoms with E-state index in [0.29, 0.717) is 25.7 Å². The number of hydrogen-bond donors (Lipinski definition) is 2. The second-order valence-corrected chi connectivity index (χ2v) is 12.0. The molecule has 0 amide bonds. The summed E-state index contributed by atoms with van der Waals surface area (Å²) < 4.78 is 55.2. The molecule has 0 fully saturated rings. The van der Waals surface area contributed by atoms with Gasteiger partial charge in [0.05, 0.1) is 12.1 Å². The fourth-order valence-corrected chi connectivity index (χ4v) is 7.37. The summed E-state index contributed by atoms with van der Waals surface area (Å²) >= 11 is 0. The van der Waals surface area contributed by atoms with Gasteiger partial charge < -0.3 is 0 Å². The quantitative estimate of drug-likeness (QED) is 0.274. The zero-order valence-corrected chi connectivity index (χ0v) is 20.8. The SMILES string of the molecule is N#CCCCCCCCNS(=O)(=O)C(c1ccccc1)S(=O)(=O)NCCCCCCCC#N. The normalized spacial score (nSPS) is 11.8. The minimum Gasteiger partial charge on any atom is -0.214 e. The van der Waals surface area contributed by atoms with Crippen LogP contribution in [0.3, 0.4) is 0 Å². The first kappa shape index (κ1) is 29.1. The van der Waals surface area contributed by atoms with Crippen molar-refractivity contribution in [1.82, 2.24) is 9.44 Å². The highest BCUT2D eigenvalue weighted by Crippen LogP contribution is 2.27. The van der Waals surface area contributed by atoms with Gasteiger partial charge in [-0.25, -0.2) is 26.3 Å². The number of benzene rings is 1. The van der Waals surface area contributed by atoms with Gasteiger partial charge in [0.15, 0.2) is 0 Å². The highest BCUT2D eigenvalue weighted by Gasteiger charge is 2.38. The molecule has 0 spiro atoms. The lowest BCUT2D eigenvalue weighted by molar-refractivity contribution is 0.551. The maximum atomic E-state index is 13.0. The molecule has 0 bridgehead atoms. The largest absolute Gasteiger partial charge is 0.234 e.